The van der Waals surface area contributed by atoms with Crippen molar-refractivity contribution in [3.05, 3.63) is 23.0 Å². The van der Waals surface area contributed by atoms with Crippen LogP contribution < -0.4 is 0 Å². The molecule has 0 aliphatic heterocycles. The largest absolute Gasteiger partial charge is 0.214 e. The van der Waals surface area contributed by atoms with Crippen molar-refractivity contribution in [3.63, 3.8) is 0 Å². The SMILES string of the molecule is CC(C)=C/C(Cl)=C/F. The Morgan fingerprint density at radius 1 is 1.50 bits per heavy atom. The summed E-state index contributed by atoms with van der Waals surface area (Å²) in [6, 6.07) is 0. The van der Waals surface area contributed by atoms with E-state index in [9.17, 15) is 4.39 Å². The van der Waals surface area contributed by atoms with Gasteiger partial charge < -0.3 is 0 Å². The molecule has 8 heavy (non-hydrogen) atoms. The Balaban J connectivity index is 3.89. The molecule has 2 heteroatoms. The summed E-state index contributed by atoms with van der Waals surface area (Å²) in [5.41, 5.74) is 0.990. The van der Waals surface area contributed by atoms with E-state index in [1.165, 1.54) is 0 Å². The summed E-state index contributed by atoms with van der Waals surface area (Å²) in [5.74, 6) is 0. The van der Waals surface area contributed by atoms with Crippen LogP contribution in [0.5, 0.6) is 0 Å². The highest BCUT2D eigenvalue weighted by atomic mass is 35.5. The van der Waals surface area contributed by atoms with Crippen LogP contribution in [0.4, 0.5) is 4.39 Å². The lowest BCUT2D eigenvalue weighted by atomic mass is 10.3. The molecule has 0 aliphatic carbocycles. The standard InChI is InChI=1S/C6H8ClF/c1-5(2)3-6(7)4-8/h3-4H,1-2H3/b6-4-. The minimum atomic E-state index is 0.144. The summed E-state index contributed by atoms with van der Waals surface area (Å²) in [6.45, 7) is 3.71. The van der Waals surface area contributed by atoms with Crippen LogP contribution in [-0.2, 0) is 0 Å². The van der Waals surface area contributed by atoms with Crippen LogP contribution in [0, 0.1) is 0 Å². The topological polar surface area (TPSA) is 0 Å². The molecule has 0 amide bonds. The zero-order valence-electron chi connectivity index (χ0n) is 4.91. The van der Waals surface area contributed by atoms with Gasteiger partial charge in [0.25, 0.3) is 0 Å². The Kier molecular flexibility index (Phi) is 3.53. The summed E-state index contributed by atoms with van der Waals surface area (Å²) in [6.07, 6.45) is 1.93. The van der Waals surface area contributed by atoms with Crippen molar-refractivity contribution in [2.24, 2.45) is 0 Å². The van der Waals surface area contributed by atoms with Crippen LogP contribution >= 0.6 is 11.6 Å². The number of hydrogen-bond donors (Lipinski definition) is 0. The lowest BCUT2D eigenvalue weighted by Crippen LogP contribution is -1.63. The Morgan fingerprint density at radius 2 is 2.00 bits per heavy atom. The second kappa shape index (κ2) is 3.67. The highest BCUT2D eigenvalue weighted by Gasteiger charge is 1.82. The van der Waals surface area contributed by atoms with Crippen LogP contribution in [0.15, 0.2) is 23.0 Å². The molecule has 0 aromatic rings. The van der Waals surface area contributed by atoms with Gasteiger partial charge in [0, 0.05) is 0 Å². The fourth-order valence-electron chi connectivity index (χ4n) is 0.307. The summed E-state index contributed by atoms with van der Waals surface area (Å²) in [5, 5.41) is 0.144. The van der Waals surface area contributed by atoms with Gasteiger partial charge in [-0.15, -0.1) is 0 Å². The minimum absolute atomic E-state index is 0.144. The molecule has 0 aliphatic rings. The lowest BCUT2D eigenvalue weighted by molar-refractivity contribution is 0.719. The third-order valence-electron chi connectivity index (χ3n) is 0.531. The van der Waals surface area contributed by atoms with Gasteiger partial charge in [0.1, 0.15) is 6.33 Å². The first-order chi connectivity index (χ1) is 3.66. The van der Waals surface area contributed by atoms with E-state index in [4.69, 9.17) is 11.6 Å². The number of rotatable bonds is 1. The summed E-state index contributed by atoms with van der Waals surface area (Å²) in [4.78, 5) is 0. The molecule has 0 bridgehead atoms. The molecule has 0 fully saturated rings. The van der Waals surface area contributed by atoms with E-state index < -0.39 is 0 Å². The molecule has 0 N–H and O–H groups in total. The third-order valence-corrected chi connectivity index (χ3v) is 0.722. The maximum atomic E-state index is 11.4. The average Bonchev–Trinajstić information content (AvgIpc) is 1.65. The van der Waals surface area contributed by atoms with Gasteiger partial charge in [0.2, 0.25) is 0 Å². The second-order valence-electron chi connectivity index (χ2n) is 1.72. The van der Waals surface area contributed by atoms with Gasteiger partial charge in [0.05, 0.1) is 5.03 Å². The second-order valence-corrected chi connectivity index (χ2v) is 2.15. The van der Waals surface area contributed by atoms with Crippen molar-refractivity contribution >= 4 is 11.6 Å². The Morgan fingerprint density at radius 3 is 2.12 bits per heavy atom. The highest BCUT2D eigenvalue weighted by molar-refractivity contribution is 6.31. The van der Waals surface area contributed by atoms with E-state index in [1.807, 2.05) is 13.8 Å². The normalized spacial score (nSPS) is 11.2. The fourth-order valence-corrected chi connectivity index (χ4v) is 0.525. The molecule has 46 valence electrons. The Bertz CT molecular complexity index is 120. The van der Waals surface area contributed by atoms with E-state index in [0.29, 0.717) is 6.33 Å². The molecular weight excluding hydrogens is 127 g/mol. The highest BCUT2D eigenvalue weighted by Crippen LogP contribution is 2.05. The summed E-state index contributed by atoms with van der Waals surface area (Å²) >= 11 is 5.27. The molecular formula is C6H8ClF. The molecule has 0 radical (unpaired) electrons. The first-order valence-electron chi connectivity index (χ1n) is 2.27. The van der Waals surface area contributed by atoms with Gasteiger partial charge in [-0.3, -0.25) is 0 Å². The molecule has 0 heterocycles. The molecule has 0 nitrogen and oxygen atoms in total. The van der Waals surface area contributed by atoms with Crippen LogP contribution in [0.2, 0.25) is 0 Å². The van der Waals surface area contributed by atoms with Crippen molar-refractivity contribution in [1.29, 1.82) is 0 Å². The third kappa shape index (κ3) is 3.88. The number of allylic oxidation sites excluding steroid dienone is 3. The zero-order chi connectivity index (χ0) is 6.57. The van der Waals surface area contributed by atoms with Crippen molar-refractivity contribution < 1.29 is 4.39 Å². The van der Waals surface area contributed by atoms with Crippen molar-refractivity contribution in [1.82, 2.24) is 0 Å². The van der Waals surface area contributed by atoms with E-state index in [2.05, 4.69) is 0 Å². The maximum absolute atomic E-state index is 11.4. The van der Waals surface area contributed by atoms with Crippen LogP contribution in [0.3, 0.4) is 0 Å². The smallest absolute Gasteiger partial charge is 0.105 e. The van der Waals surface area contributed by atoms with Crippen LogP contribution in [0.25, 0.3) is 0 Å². The van der Waals surface area contributed by atoms with Crippen molar-refractivity contribution in [3.8, 4) is 0 Å². The molecule has 0 saturated heterocycles. The van der Waals surface area contributed by atoms with Crippen LogP contribution in [-0.4, -0.2) is 0 Å². The van der Waals surface area contributed by atoms with Crippen LogP contribution in [0.1, 0.15) is 13.8 Å². The number of halogens is 2. The first-order valence-corrected chi connectivity index (χ1v) is 2.65. The molecule has 0 spiro atoms. The minimum Gasteiger partial charge on any atom is -0.214 e. The average molecular weight is 135 g/mol. The molecule has 0 rings (SSSR count). The summed E-state index contributed by atoms with van der Waals surface area (Å²) < 4.78 is 11.4. The van der Waals surface area contributed by atoms with Gasteiger partial charge >= 0.3 is 0 Å². The van der Waals surface area contributed by atoms with Gasteiger partial charge in [-0.1, -0.05) is 17.2 Å². The number of hydrogen-bond acceptors (Lipinski definition) is 0. The van der Waals surface area contributed by atoms with Gasteiger partial charge in [0.15, 0.2) is 0 Å². The predicted molar refractivity (Wildman–Crippen MR) is 34.5 cm³/mol. The molecule has 0 aromatic carbocycles. The maximum Gasteiger partial charge on any atom is 0.105 e. The molecule has 0 saturated carbocycles. The Labute approximate surface area is 53.7 Å². The fraction of sp³-hybridized carbons (Fsp3) is 0.333. The van der Waals surface area contributed by atoms with E-state index >= 15 is 0 Å². The van der Waals surface area contributed by atoms with E-state index in [-0.39, 0.29) is 5.03 Å². The summed E-state index contributed by atoms with van der Waals surface area (Å²) in [7, 11) is 0. The van der Waals surface area contributed by atoms with Gasteiger partial charge in [-0.05, 0) is 19.9 Å². The molecule has 0 atom stereocenters. The lowest BCUT2D eigenvalue weighted by Gasteiger charge is -1.84. The van der Waals surface area contributed by atoms with Crippen molar-refractivity contribution in [2.45, 2.75) is 13.8 Å². The van der Waals surface area contributed by atoms with Gasteiger partial charge in [-0.2, -0.15) is 0 Å². The quantitative estimate of drug-likeness (QED) is 0.484. The van der Waals surface area contributed by atoms with Crippen molar-refractivity contribution in [2.75, 3.05) is 0 Å². The molecule has 0 aromatic heterocycles. The predicted octanol–water partition coefficient (Wildman–Crippen LogP) is 3.00. The first kappa shape index (κ1) is 7.70. The van der Waals surface area contributed by atoms with E-state index in [1.54, 1.807) is 6.08 Å². The van der Waals surface area contributed by atoms with Gasteiger partial charge in [-0.25, -0.2) is 4.39 Å². The Hall–Kier alpha value is -0.300. The van der Waals surface area contributed by atoms with E-state index in [0.717, 1.165) is 5.57 Å². The zero-order valence-corrected chi connectivity index (χ0v) is 5.67. The molecule has 0 unspecified atom stereocenters. The monoisotopic (exact) mass is 134 g/mol.